The van der Waals surface area contributed by atoms with Crippen LogP contribution in [0.3, 0.4) is 0 Å². The van der Waals surface area contributed by atoms with E-state index in [1.54, 1.807) is 20.8 Å². The Balaban J connectivity index is 2.51. The highest BCUT2D eigenvalue weighted by atomic mass is 32.2. The smallest absolute Gasteiger partial charge is 0.420 e. The van der Waals surface area contributed by atoms with Gasteiger partial charge < -0.3 is 9.66 Å². The molecule has 2 atom stereocenters. The molecule has 1 unspecified atom stereocenters. The van der Waals surface area contributed by atoms with Gasteiger partial charge in [0.05, 0.1) is 11.0 Å². The molecule has 168 valence electrons. The van der Waals surface area contributed by atoms with Gasteiger partial charge in [0.1, 0.15) is 15.3 Å². The van der Waals surface area contributed by atoms with Gasteiger partial charge in [0.2, 0.25) is 10.0 Å². The molecule has 1 aromatic carbocycles. The van der Waals surface area contributed by atoms with Crippen molar-refractivity contribution in [1.29, 1.82) is 0 Å². The second-order valence-corrected chi connectivity index (χ2v) is 12.4. The summed E-state index contributed by atoms with van der Waals surface area (Å²) < 4.78 is 53.5. The molecular formula is C17H24FN3O7S2. The van der Waals surface area contributed by atoms with Crippen LogP contribution in [0.1, 0.15) is 39.2 Å². The van der Waals surface area contributed by atoms with Gasteiger partial charge in [0.25, 0.3) is 5.69 Å². The van der Waals surface area contributed by atoms with Gasteiger partial charge in [0, 0.05) is 30.5 Å². The summed E-state index contributed by atoms with van der Waals surface area (Å²) in [5.74, 6) is -0.784. The number of amides is 1. The van der Waals surface area contributed by atoms with Crippen LogP contribution in [0, 0.1) is 15.9 Å². The zero-order valence-corrected chi connectivity index (χ0v) is 18.5. The number of nitro groups is 1. The molecule has 1 saturated carbocycles. The van der Waals surface area contributed by atoms with E-state index in [2.05, 4.69) is 4.72 Å². The highest BCUT2D eigenvalue weighted by molar-refractivity contribution is 7.92. The Morgan fingerprint density at radius 1 is 1.43 bits per heavy atom. The zero-order valence-electron chi connectivity index (χ0n) is 16.9. The second kappa shape index (κ2) is 8.29. The molecule has 30 heavy (non-hydrogen) atoms. The van der Waals surface area contributed by atoms with E-state index in [9.17, 15) is 32.3 Å². The van der Waals surface area contributed by atoms with Crippen LogP contribution in [-0.4, -0.2) is 56.0 Å². The van der Waals surface area contributed by atoms with Crippen LogP contribution in [0.5, 0.6) is 0 Å². The molecule has 1 amide bonds. The van der Waals surface area contributed by atoms with Gasteiger partial charge in [-0.1, -0.05) is 0 Å². The lowest BCUT2D eigenvalue weighted by Gasteiger charge is -2.33. The Morgan fingerprint density at radius 3 is 2.43 bits per heavy atom. The van der Waals surface area contributed by atoms with E-state index in [4.69, 9.17) is 5.11 Å². The standard InChI is InChI=1S/C17H24FN3O7S2/c1-16(2,3)29(26)19-14(10-11-9-12(21(24)25)5-6-13(11)18)17(7-8-17)30(27,28)20(4)15(22)23/h5-6,9,14,19H,7-8,10H2,1-4H3,(H,22,23)/t14-,29?/m1/s1. The minimum Gasteiger partial charge on any atom is -0.598 e. The fourth-order valence-corrected chi connectivity index (χ4v) is 5.84. The van der Waals surface area contributed by atoms with Crippen molar-refractivity contribution >= 4 is 33.2 Å². The lowest BCUT2D eigenvalue weighted by Crippen LogP contribution is -2.56. The Kier molecular flexibility index (Phi) is 6.71. The van der Waals surface area contributed by atoms with E-state index in [1.807, 2.05) is 0 Å². The Bertz CT molecular complexity index is 945. The maximum Gasteiger partial charge on any atom is 0.420 e. The first-order chi connectivity index (χ1) is 13.6. The quantitative estimate of drug-likeness (QED) is 0.336. The largest absolute Gasteiger partial charge is 0.598 e. The van der Waals surface area contributed by atoms with Gasteiger partial charge in [0.15, 0.2) is 0 Å². The third kappa shape index (κ3) is 4.68. The number of carbonyl (C=O) groups is 1. The number of benzene rings is 1. The predicted octanol–water partition coefficient (Wildman–Crippen LogP) is 2.17. The molecule has 0 radical (unpaired) electrons. The third-order valence-corrected chi connectivity index (χ3v) is 9.20. The van der Waals surface area contributed by atoms with Crippen LogP contribution in [0.4, 0.5) is 14.9 Å². The molecule has 13 heteroatoms. The van der Waals surface area contributed by atoms with Crippen molar-refractivity contribution in [3.63, 3.8) is 0 Å². The maximum absolute atomic E-state index is 14.4. The minimum atomic E-state index is -4.40. The van der Waals surface area contributed by atoms with Crippen molar-refractivity contribution in [3.05, 3.63) is 39.7 Å². The SMILES string of the molecule is CN(C(=O)O)S(=O)(=O)C1([C@@H](Cc2cc([N+](=O)[O-])ccc2F)N[S+]([O-])C(C)(C)C)CC1. The van der Waals surface area contributed by atoms with Crippen molar-refractivity contribution in [3.8, 4) is 0 Å². The molecule has 0 aliphatic heterocycles. The molecule has 10 nitrogen and oxygen atoms in total. The van der Waals surface area contributed by atoms with E-state index in [0.29, 0.717) is 0 Å². The minimum absolute atomic E-state index is 0.0719. The first-order valence-corrected chi connectivity index (χ1v) is 11.5. The summed E-state index contributed by atoms with van der Waals surface area (Å²) in [4.78, 5) is 21.6. The summed E-state index contributed by atoms with van der Waals surface area (Å²) in [7, 11) is -3.50. The molecule has 0 heterocycles. The van der Waals surface area contributed by atoms with Gasteiger partial charge in [-0.05, 0) is 51.7 Å². The van der Waals surface area contributed by atoms with Crippen LogP contribution in [0.25, 0.3) is 0 Å². The molecule has 0 bridgehead atoms. The van der Waals surface area contributed by atoms with Gasteiger partial charge in [-0.25, -0.2) is 21.9 Å². The summed E-state index contributed by atoms with van der Waals surface area (Å²) >= 11 is -1.76. The van der Waals surface area contributed by atoms with Crippen molar-refractivity contribution in [1.82, 2.24) is 9.03 Å². The van der Waals surface area contributed by atoms with Gasteiger partial charge >= 0.3 is 6.09 Å². The number of nitrogens with zero attached hydrogens (tertiary/aromatic N) is 2. The van der Waals surface area contributed by atoms with E-state index in [0.717, 1.165) is 25.2 Å². The number of halogens is 1. The maximum atomic E-state index is 14.4. The van der Waals surface area contributed by atoms with E-state index >= 15 is 0 Å². The molecule has 1 fully saturated rings. The van der Waals surface area contributed by atoms with E-state index < -0.39 is 53.8 Å². The number of hydrogen-bond acceptors (Lipinski definition) is 7. The lowest BCUT2D eigenvalue weighted by molar-refractivity contribution is -0.385. The number of carboxylic acid groups (broad SMARTS) is 1. The molecule has 1 aliphatic rings. The summed E-state index contributed by atoms with van der Waals surface area (Å²) in [6, 6.07) is 1.74. The number of sulfonamides is 1. The first-order valence-electron chi connectivity index (χ1n) is 8.96. The van der Waals surface area contributed by atoms with E-state index in [-0.39, 0.29) is 34.8 Å². The molecular weight excluding hydrogens is 441 g/mol. The fourth-order valence-electron chi connectivity index (χ4n) is 2.98. The number of rotatable bonds is 8. The molecule has 0 aromatic heterocycles. The summed E-state index contributed by atoms with van der Waals surface area (Å²) in [5, 5.41) is 20.2. The molecule has 0 saturated heterocycles. The Hall–Kier alpha value is -1.96. The van der Waals surface area contributed by atoms with Crippen molar-refractivity contribution in [2.24, 2.45) is 0 Å². The lowest BCUT2D eigenvalue weighted by atomic mass is 10.0. The number of hydrogen-bond donors (Lipinski definition) is 2. The van der Waals surface area contributed by atoms with Crippen molar-refractivity contribution < 1.29 is 32.2 Å². The highest BCUT2D eigenvalue weighted by Crippen LogP contribution is 2.49. The summed E-state index contributed by atoms with van der Waals surface area (Å²) in [6.07, 6.45) is -1.87. The second-order valence-electron chi connectivity index (χ2n) is 8.11. The topological polar surface area (TPSA) is 153 Å². The van der Waals surface area contributed by atoms with E-state index in [1.165, 1.54) is 0 Å². The van der Waals surface area contributed by atoms with Crippen LogP contribution in [-0.2, 0) is 27.8 Å². The van der Waals surface area contributed by atoms with Crippen LogP contribution in [0.15, 0.2) is 18.2 Å². The Morgan fingerprint density at radius 2 is 2.00 bits per heavy atom. The first kappa shape index (κ1) is 24.3. The number of nitro benzene ring substituents is 1. The molecule has 1 aliphatic carbocycles. The summed E-state index contributed by atoms with van der Waals surface area (Å²) in [5.41, 5.74) is -0.510. The normalized spacial score (nSPS) is 17.8. The van der Waals surface area contributed by atoms with Crippen LogP contribution >= 0.6 is 0 Å². The predicted molar refractivity (Wildman–Crippen MR) is 108 cm³/mol. The third-order valence-electron chi connectivity index (χ3n) is 4.99. The number of non-ortho nitro benzene ring substituents is 1. The van der Waals surface area contributed by atoms with Crippen molar-refractivity contribution in [2.45, 2.75) is 55.6 Å². The zero-order chi connectivity index (χ0) is 23.1. The number of nitrogens with one attached hydrogen (secondary N) is 1. The fraction of sp³-hybridized carbons (Fsp3) is 0.588. The van der Waals surface area contributed by atoms with Crippen LogP contribution < -0.4 is 4.72 Å². The van der Waals surface area contributed by atoms with Gasteiger partial charge in [-0.2, -0.15) is 0 Å². The average Bonchev–Trinajstić information content (AvgIpc) is 3.43. The monoisotopic (exact) mass is 465 g/mol. The average molecular weight is 466 g/mol. The van der Waals surface area contributed by atoms with Gasteiger partial charge in [-0.3, -0.25) is 10.1 Å². The summed E-state index contributed by atoms with van der Waals surface area (Å²) in [6.45, 7) is 4.95. The molecule has 2 N–H and O–H groups in total. The highest BCUT2D eigenvalue weighted by Gasteiger charge is 2.63. The molecule has 2 rings (SSSR count). The van der Waals surface area contributed by atoms with Gasteiger partial charge in [-0.15, -0.1) is 4.72 Å². The van der Waals surface area contributed by atoms with Crippen LogP contribution in [0.2, 0.25) is 0 Å². The van der Waals surface area contributed by atoms with Crippen molar-refractivity contribution in [2.75, 3.05) is 7.05 Å². The Labute approximate surface area is 177 Å². The molecule has 0 spiro atoms. The molecule has 1 aromatic rings.